The predicted octanol–water partition coefficient (Wildman–Crippen LogP) is 1.59. The van der Waals surface area contributed by atoms with Crippen LogP contribution >= 0.6 is 0 Å². The van der Waals surface area contributed by atoms with Crippen LogP contribution in [0.3, 0.4) is 0 Å². The zero-order chi connectivity index (χ0) is 9.54. The minimum absolute atomic E-state index is 0.673. The van der Waals surface area contributed by atoms with Gasteiger partial charge in [0, 0.05) is 19.0 Å². The van der Waals surface area contributed by atoms with E-state index in [0.29, 0.717) is 5.92 Å². The Kier molecular flexibility index (Phi) is 1.61. The lowest BCUT2D eigenvalue weighted by Crippen LogP contribution is -2.41. The first-order chi connectivity index (χ1) is 6.84. The molecule has 0 bridgehead atoms. The van der Waals surface area contributed by atoms with Crippen molar-refractivity contribution in [1.82, 2.24) is 14.9 Å². The van der Waals surface area contributed by atoms with Gasteiger partial charge in [-0.25, -0.2) is 4.98 Å². The van der Waals surface area contributed by atoms with Crippen molar-refractivity contribution in [3.05, 3.63) is 30.1 Å². The van der Waals surface area contributed by atoms with Crippen molar-refractivity contribution in [2.24, 2.45) is 0 Å². The molecule has 0 unspecified atom stereocenters. The summed E-state index contributed by atoms with van der Waals surface area (Å²) in [7, 11) is 2.15. The molecule has 1 saturated heterocycles. The number of hydrogen-bond acceptors (Lipinski definition) is 2. The fourth-order valence-corrected chi connectivity index (χ4v) is 2.21. The Morgan fingerprint density at radius 2 is 2.29 bits per heavy atom. The summed E-state index contributed by atoms with van der Waals surface area (Å²) in [5, 5.41) is 0. The molecule has 0 saturated carbocycles. The van der Waals surface area contributed by atoms with Crippen molar-refractivity contribution in [2.45, 2.75) is 5.92 Å². The lowest BCUT2D eigenvalue weighted by Gasteiger charge is -2.36. The Balaban J connectivity index is 2.07. The van der Waals surface area contributed by atoms with E-state index in [-0.39, 0.29) is 0 Å². The van der Waals surface area contributed by atoms with Crippen LogP contribution in [0.1, 0.15) is 11.5 Å². The monoisotopic (exact) mass is 187 g/mol. The maximum Gasteiger partial charge on any atom is 0.0931 e. The number of aromatic nitrogens is 2. The predicted molar refractivity (Wildman–Crippen MR) is 56.3 cm³/mol. The molecular formula is C11H13N3. The summed E-state index contributed by atoms with van der Waals surface area (Å²) in [5.41, 5.74) is 3.68. The quantitative estimate of drug-likeness (QED) is 0.735. The van der Waals surface area contributed by atoms with Gasteiger partial charge in [-0.2, -0.15) is 0 Å². The Hall–Kier alpha value is -1.35. The Bertz CT molecular complexity index is 454. The van der Waals surface area contributed by atoms with E-state index in [1.807, 2.05) is 0 Å². The number of nitrogens with one attached hydrogen (secondary N) is 1. The number of likely N-dealkylation sites (N-methyl/N-ethyl adjacent to an activating group) is 1. The Labute approximate surface area is 82.8 Å². The summed E-state index contributed by atoms with van der Waals surface area (Å²) in [4.78, 5) is 9.85. The minimum atomic E-state index is 0.673. The number of benzene rings is 1. The third-order valence-corrected chi connectivity index (χ3v) is 2.98. The number of para-hydroxylation sites is 1. The van der Waals surface area contributed by atoms with Gasteiger partial charge in [-0.15, -0.1) is 0 Å². The lowest BCUT2D eigenvalue weighted by atomic mass is 9.91. The Morgan fingerprint density at radius 3 is 3.07 bits per heavy atom. The summed E-state index contributed by atoms with van der Waals surface area (Å²) in [6, 6.07) is 6.38. The topological polar surface area (TPSA) is 31.9 Å². The molecule has 2 heterocycles. The summed E-state index contributed by atoms with van der Waals surface area (Å²) in [6.45, 7) is 2.32. The SMILES string of the molecule is CN1CC(c2cccc3[nH]cnc23)C1. The number of hydrogen-bond donors (Lipinski definition) is 1. The first-order valence-electron chi connectivity index (χ1n) is 4.95. The van der Waals surface area contributed by atoms with Crippen LogP contribution in [0, 0.1) is 0 Å². The third kappa shape index (κ3) is 1.06. The fourth-order valence-electron chi connectivity index (χ4n) is 2.21. The molecule has 72 valence electrons. The maximum absolute atomic E-state index is 4.37. The number of nitrogens with zero attached hydrogens (tertiary/aromatic N) is 2. The van der Waals surface area contributed by atoms with Crippen LogP contribution in [0.4, 0.5) is 0 Å². The van der Waals surface area contributed by atoms with Gasteiger partial charge in [0.1, 0.15) is 0 Å². The van der Waals surface area contributed by atoms with Crippen LogP contribution < -0.4 is 0 Å². The average Bonchev–Trinajstić information content (AvgIpc) is 2.60. The highest BCUT2D eigenvalue weighted by Crippen LogP contribution is 2.29. The fraction of sp³-hybridized carbons (Fsp3) is 0.364. The summed E-state index contributed by atoms with van der Waals surface area (Å²) < 4.78 is 0. The van der Waals surface area contributed by atoms with E-state index in [0.717, 1.165) is 24.1 Å². The second-order valence-corrected chi connectivity index (χ2v) is 4.06. The molecule has 14 heavy (non-hydrogen) atoms. The third-order valence-electron chi connectivity index (χ3n) is 2.98. The van der Waals surface area contributed by atoms with Crippen LogP contribution in [0.5, 0.6) is 0 Å². The second-order valence-electron chi connectivity index (χ2n) is 4.06. The smallest absolute Gasteiger partial charge is 0.0931 e. The number of rotatable bonds is 1. The molecule has 0 atom stereocenters. The highest BCUT2D eigenvalue weighted by molar-refractivity contribution is 5.78. The van der Waals surface area contributed by atoms with Crippen molar-refractivity contribution in [1.29, 1.82) is 0 Å². The first kappa shape index (κ1) is 8.00. The molecule has 3 heteroatoms. The average molecular weight is 187 g/mol. The number of H-pyrrole nitrogens is 1. The van der Waals surface area contributed by atoms with Gasteiger partial charge in [0.05, 0.1) is 17.4 Å². The van der Waals surface area contributed by atoms with Crippen molar-refractivity contribution >= 4 is 11.0 Å². The maximum atomic E-state index is 4.37. The van der Waals surface area contributed by atoms with Gasteiger partial charge in [0.2, 0.25) is 0 Å². The number of likely N-dealkylation sites (tertiary alicyclic amines) is 1. The van der Waals surface area contributed by atoms with E-state index in [9.17, 15) is 0 Å². The molecule has 1 aromatic carbocycles. The van der Waals surface area contributed by atoms with Crippen molar-refractivity contribution in [2.75, 3.05) is 20.1 Å². The van der Waals surface area contributed by atoms with Gasteiger partial charge in [-0.3, -0.25) is 0 Å². The molecule has 1 aliphatic rings. The van der Waals surface area contributed by atoms with Crippen LogP contribution in [-0.2, 0) is 0 Å². The second kappa shape index (κ2) is 2.82. The molecule has 0 amide bonds. The normalized spacial score (nSPS) is 18.6. The van der Waals surface area contributed by atoms with E-state index in [4.69, 9.17) is 0 Å². The molecule has 3 nitrogen and oxygen atoms in total. The van der Waals surface area contributed by atoms with Crippen molar-refractivity contribution < 1.29 is 0 Å². The molecule has 0 radical (unpaired) electrons. The van der Waals surface area contributed by atoms with E-state index in [2.05, 4.69) is 40.1 Å². The summed E-state index contributed by atoms with van der Waals surface area (Å²) in [6.07, 6.45) is 1.77. The molecule has 1 N–H and O–H groups in total. The zero-order valence-corrected chi connectivity index (χ0v) is 8.20. The van der Waals surface area contributed by atoms with Gasteiger partial charge < -0.3 is 9.88 Å². The molecule has 1 aromatic heterocycles. The largest absolute Gasteiger partial charge is 0.345 e. The standard InChI is InChI=1S/C11H13N3/c1-14-5-8(6-14)9-3-2-4-10-11(9)13-7-12-10/h2-4,7-8H,5-6H2,1H3,(H,12,13). The van der Waals surface area contributed by atoms with E-state index < -0.39 is 0 Å². The van der Waals surface area contributed by atoms with Crippen molar-refractivity contribution in [3.8, 4) is 0 Å². The highest BCUT2D eigenvalue weighted by atomic mass is 15.2. The Morgan fingerprint density at radius 1 is 1.43 bits per heavy atom. The van der Waals surface area contributed by atoms with Gasteiger partial charge in [0.25, 0.3) is 0 Å². The molecular weight excluding hydrogens is 174 g/mol. The van der Waals surface area contributed by atoms with E-state index >= 15 is 0 Å². The van der Waals surface area contributed by atoms with Crippen LogP contribution in [0.2, 0.25) is 0 Å². The van der Waals surface area contributed by atoms with Crippen LogP contribution in [0.25, 0.3) is 11.0 Å². The molecule has 0 aliphatic carbocycles. The van der Waals surface area contributed by atoms with Crippen LogP contribution in [0.15, 0.2) is 24.5 Å². The van der Waals surface area contributed by atoms with Gasteiger partial charge in [-0.1, -0.05) is 12.1 Å². The van der Waals surface area contributed by atoms with Crippen molar-refractivity contribution in [3.63, 3.8) is 0 Å². The summed E-state index contributed by atoms with van der Waals surface area (Å²) >= 11 is 0. The zero-order valence-electron chi connectivity index (χ0n) is 8.20. The van der Waals surface area contributed by atoms with Crippen LogP contribution in [-0.4, -0.2) is 35.0 Å². The minimum Gasteiger partial charge on any atom is -0.345 e. The van der Waals surface area contributed by atoms with Gasteiger partial charge in [0.15, 0.2) is 0 Å². The van der Waals surface area contributed by atoms with Gasteiger partial charge in [-0.05, 0) is 18.7 Å². The molecule has 1 aliphatic heterocycles. The van der Waals surface area contributed by atoms with E-state index in [1.54, 1.807) is 6.33 Å². The number of fused-ring (bicyclic) bond motifs is 1. The number of aromatic amines is 1. The summed E-state index contributed by atoms with van der Waals surface area (Å²) in [5.74, 6) is 0.673. The first-order valence-corrected chi connectivity index (χ1v) is 4.95. The van der Waals surface area contributed by atoms with Gasteiger partial charge >= 0.3 is 0 Å². The molecule has 1 fully saturated rings. The lowest BCUT2D eigenvalue weighted by molar-refractivity contribution is 0.190. The highest BCUT2D eigenvalue weighted by Gasteiger charge is 2.26. The molecule has 0 spiro atoms. The molecule has 2 aromatic rings. The molecule has 3 rings (SSSR count). The van der Waals surface area contributed by atoms with E-state index in [1.165, 1.54) is 5.56 Å². The number of imidazole rings is 1.